The highest BCUT2D eigenvalue weighted by Crippen LogP contribution is 2.26. The predicted molar refractivity (Wildman–Crippen MR) is 91.7 cm³/mol. The molecule has 0 aliphatic carbocycles. The van der Waals surface area contributed by atoms with Crippen molar-refractivity contribution in [3.63, 3.8) is 0 Å². The third-order valence-electron chi connectivity index (χ3n) is 4.45. The molecule has 0 aliphatic rings. The van der Waals surface area contributed by atoms with E-state index in [0.29, 0.717) is 12.8 Å². The zero-order chi connectivity index (χ0) is 18.5. The minimum absolute atomic E-state index is 0.0357. The molecule has 0 spiro atoms. The van der Waals surface area contributed by atoms with Crippen LogP contribution in [0.15, 0.2) is 29.2 Å². The van der Waals surface area contributed by atoms with E-state index in [4.69, 9.17) is 0 Å². The van der Waals surface area contributed by atoms with Crippen LogP contribution in [0.3, 0.4) is 0 Å². The molecular weight excluding hydrogens is 330 g/mol. The average molecular weight is 355 g/mol. The van der Waals surface area contributed by atoms with E-state index in [2.05, 4.69) is 5.32 Å². The maximum atomic E-state index is 12.5. The lowest BCUT2D eigenvalue weighted by molar-refractivity contribution is -0.149. The van der Waals surface area contributed by atoms with E-state index in [-0.39, 0.29) is 17.0 Å². The molecule has 1 rings (SSSR count). The van der Waals surface area contributed by atoms with Crippen LogP contribution in [0.5, 0.6) is 0 Å². The number of amides is 1. The summed E-state index contributed by atoms with van der Waals surface area (Å²) in [5.74, 6) is -1.56. The van der Waals surface area contributed by atoms with Crippen molar-refractivity contribution in [2.75, 3.05) is 6.54 Å². The Labute approximate surface area is 143 Å². The number of sulfone groups is 1. The summed E-state index contributed by atoms with van der Waals surface area (Å²) in [6.45, 7) is 6.55. The van der Waals surface area contributed by atoms with Crippen LogP contribution in [0.25, 0.3) is 0 Å². The van der Waals surface area contributed by atoms with E-state index in [1.807, 2.05) is 0 Å². The topological polar surface area (TPSA) is 101 Å². The number of aliphatic carboxylic acids is 1. The van der Waals surface area contributed by atoms with Gasteiger partial charge in [-0.3, -0.25) is 9.59 Å². The van der Waals surface area contributed by atoms with Gasteiger partial charge in [0.25, 0.3) is 5.91 Å². The number of carbonyl (C=O) groups is 2. The molecule has 0 heterocycles. The second-order valence-electron chi connectivity index (χ2n) is 6.07. The van der Waals surface area contributed by atoms with Crippen molar-refractivity contribution in [3.05, 3.63) is 29.8 Å². The monoisotopic (exact) mass is 355 g/mol. The fourth-order valence-corrected chi connectivity index (χ4v) is 3.62. The third kappa shape index (κ3) is 3.95. The molecule has 0 saturated heterocycles. The van der Waals surface area contributed by atoms with E-state index in [1.165, 1.54) is 12.1 Å². The largest absolute Gasteiger partial charge is 0.481 e. The molecule has 1 amide bonds. The van der Waals surface area contributed by atoms with Gasteiger partial charge in [0.2, 0.25) is 0 Å². The highest BCUT2D eigenvalue weighted by Gasteiger charge is 2.35. The number of rotatable bonds is 8. The Morgan fingerprint density at radius 2 is 1.71 bits per heavy atom. The number of carbonyl (C=O) groups excluding carboxylic acids is 1. The quantitative estimate of drug-likeness (QED) is 0.746. The van der Waals surface area contributed by atoms with Crippen molar-refractivity contribution < 1.29 is 23.1 Å². The zero-order valence-electron chi connectivity index (χ0n) is 14.5. The summed E-state index contributed by atoms with van der Waals surface area (Å²) < 4.78 is 24.8. The van der Waals surface area contributed by atoms with Crippen molar-refractivity contribution in [2.24, 2.45) is 5.41 Å². The van der Waals surface area contributed by atoms with Gasteiger partial charge in [0, 0.05) is 6.54 Å². The summed E-state index contributed by atoms with van der Waals surface area (Å²) >= 11 is 0. The Morgan fingerprint density at radius 1 is 1.17 bits per heavy atom. The van der Waals surface area contributed by atoms with Gasteiger partial charge in [-0.2, -0.15) is 0 Å². The zero-order valence-corrected chi connectivity index (χ0v) is 15.3. The van der Waals surface area contributed by atoms with Crippen LogP contribution < -0.4 is 5.32 Å². The van der Waals surface area contributed by atoms with E-state index in [1.54, 1.807) is 39.8 Å². The predicted octanol–water partition coefficient (Wildman–Crippen LogP) is 2.49. The van der Waals surface area contributed by atoms with E-state index in [0.717, 1.165) is 0 Å². The molecule has 7 heteroatoms. The average Bonchev–Trinajstić information content (AvgIpc) is 2.55. The van der Waals surface area contributed by atoms with Crippen LogP contribution in [0.1, 0.15) is 50.9 Å². The standard InChI is InChI=1S/C17H25NO5S/c1-5-17(6-2,16(20)21)11-18-15(19)13-9-7-8-10-14(13)24(22,23)12(3)4/h7-10,12H,5-6,11H2,1-4H3,(H,18,19)(H,20,21). The third-order valence-corrected chi connectivity index (χ3v) is 6.66. The summed E-state index contributed by atoms with van der Waals surface area (Å²) in [7, 11) is -3.61. The van der Waals surface area contributed by atoms with Gasteiger partial charge in [0.05, 0.1) is 21.1 Å². The number of hydrogen-bond donors (Lipinski definition) is 2. The first-order valence-corrected chi connectivity index (χ1v) is 9.51. The lowest BCUT2D eigenvalue weighted by Gasteiger charge is -2.27. The number of benzene rings is 1. The second-order valence-corrected chi connectivity index (χ2v) is 8.54. The number of hydrogen-bond acceptors (Lipinski definition) is 4. The van der Waals surface area contributed by atoms with Crippen molar-refractivity contribution in [1.82, 2.24) is 5.32 Å². The molecule has 0 unspecified atom stereocenters. The molecule has 134 valence electrons. The molecule has 1 aromatic carbocycles. The Balaban J connectivity index is 3.13. The van der Waals surface area contributed by atoms with Crippen molar-refractivity contribution in [3.8, 4) is 0 Å². The normalized spacial score (nSPS) is 12.2. The first-order chi connectivity index (χ1) is 11.1. The van der Waals surface area contributed by atoms with Gasteiger partial charge in [0.15, 0.2) is 9.84 Å². The summed E-state index contributed by atoms with van der Waals surface area (Å²) in [4.78, 5) is 23.9. The molecule has 1 aromatic rings. The number of carboxylic acids is 1. The Morgan fingerprint density at radius 3 is 2.17 bits per heavy atom. The molecule has 0 saturated carbocycles. The molecule has 0 bridgehead atoms. The molecule has 2 N–H and O–H groups in total. The molecule has 24 heavy (non-hydrogen) atoms. The molecule has 6 nitrogen and oxygen atoms in total. The fraction of sp³-hybridized carbons (Fsp3) is 0.529. The summed E-state index contributed by atoms with van der Waals surface area (Å²) in [5, 5.41) is 11.4. The van der Waals surface area contributed by atoms with E-state index >= 15 is 0 Å². The first kappa shape index (κ1) is 20.2. The van der Waals surface area contributed by atoms with Gasteiger partial charge in [0.1, 0.15) is 0 Å². The minimum atomic E-state index is -3.61. The fourth-order valence-electron chi connectivity index (χ4n) is 2.38. The Hall–Kier alpha value is -1.89. The molecule has 0 atom stereocenters. The van der Waals surface area contributed by atoms with Gasteiger partial charge in [-0.1, -0.05) is 26.0 Å². The molecule has 0 aromatic heterocycles. The second kappa shape index (κ2) is 7.79. The van der Waals surface area contributed by atoms with Crippen LogP contribution in [0.4, 0.5) is 0 Å². The van der Waals surface area contributed by atoms with Gasteiger partial charge in [-0.15, -0.1) is 0 Å². The van der Waals surface area contributed by atoms with Gasteiger partial charge in [-0.25, -0.2) is 8.42 Å². The maximum Gasteiger partial charge on any atom is 0.311 e. The summed E-state index contributed by atoms with van der Waals surface area (Å²) in [6, 6.07) is 5.98. The summed E-state index contributed by atoms with van der Waals surface area (Å²) in [5.41, 5.74) is -1.01. The molecule has 0 radical (unpaired) electrons. The van der Waals surface area contributed by atoms with Crippen LogP contribution in [0, 0.1) is 5.41 Å². The number of carboxylic acid groups (broad SMARTS) is 1. The summed E-state index contributed by atoms with van der Waals surface area (Å²) in [6.07, 6.45) is 0.732. The van der Waals surface area contributed by atoms with Crippen molar-refractivity contribution in [2.45, 2.75) is 50.7 Å². The highest BCUT2D eigenvalue weighted by molar-refractivity contribution is 7.92. The van der Waals surface area contributed by atoms with Crippen LogP contribution in [0.2, 0.25) is 0 Å². The number of nitrogens with one attached hydrogen (secondary N) is 1. The smallest absolute Gasteiger partial charge is 0.311 e. The van der Waals surface area contributed by atoms with Crippen molar-refractivity contribution in [1.29, 1.82) is 0 Å². The van der Waals surface area contributed by atoms with Crippen LogP contribution in [-0.2, 0) is 14.6 Å². The lowest BCUT2D eigenvalue weighted by atomic mass is 9.82. The molecule has 0 aliphatic heterocycles. The van der Waals surface area contributed by atoms with Gasteiger partial charge >= 0.3 is 5.97 Å². The van der Waals surface area contributed by atoms with Gasteiger partial charge < -0.3 is 10.4 Å². The van der Waals surface area contributed by atoms with Crippen molar-refractivity contribution >= 4 is 21.7 Å². The van der Waals surface area contributed by atoms with E-state index < -0.39 is 32.4 Å². The van der Waals surface area contributed by atoms with Crippen LogP contribution >= 0.6 is 0 Å². The maximum absolute atomic E-state index is 12.5. The highest BCUT2D eigenvalue weighted by atomic mass is 32.2. The molecular formula is C17H25NO5S. The Bertz CT molecular complexity index is 705. The van der Waals surface area contributed by atoms with E-state index in [9.17, 15) is 23.1 Å². The SMILES string of the molecule is CCC(CC)(CNC(=O)c1ccccc1S(=O)(=O)C(C)C)C(=O)O. The Kier molecular flexibility index (Phi) is 6.54. The lowest BCUT2D eigenvalue weighted by Crippen LogP contribution is -2.42. The first-order valence-electron chi connectivity index (χ1n) is 7.97. The van der Waals surface area contributed by atoms with Gasteiger partial charge in [-0.05, 0) is 38.8 Å². The van der Waals surface area contributed by atoms with Crippen LogP contribution in [-0.4, -0.2) is 37.2 Å². The minimum Gasteiger partial charge on any atom is -0.481 e. The molecule has 0 fully saturated rings.